The molecule has 0 bridgehead atoms. The first kappa shape index (κ1) is 16.1. The van der Waals surface area contributed by atoms with Gasteiger partial charge in [0.1, 0.15) is 0 Å². The second-order valence-corrected chi connectivity index (χ2v) is 6.42. The fourth-order valence-corrected chi connectivity index (χ4v) is 2.19. The molecule has 1 aromatic carbocycles. The van der Waals surface area contributed by atoms with Gasteiger partial charge in [0, 0.05) is 13.3 Å². The first-order chi connectivity index (χ1) is 9.71. The van der Waals surface area contributed by atoms with Gasteiger partial charge in [-0.1, -0.05) is 24.3 Å². The molecule has 0 radical (unpaired) electrons. The number of esters is 1. The van der Waals surface area contributed by atoms with Gasteiger partial charge in [-0.25, -0.2) is 0 Å². The maximum absolute atomic E-state index is 10.8. The fourth-order valence-electron chi connectivity index (χ4n) is 2.19. The van der Waals surface area contributed by atoms with Gasteiger partial charge in [-0.3, -0.25) is 4.79 Å². The summed E-state index contributed by atoms with van der Waals surface area (Å²) in [6.45, 7) is 9.97. The minimum absolute atomic E-state index is 0.253. The van der Waals surface area contributed by atoms with Crippen LogP contribution in [0.2, 0.25) is 0 Å². The number of hydrogen-bond donors (Lipinski definition) is 0. The van der Waals surface area contributed by atoms with E-state index in [9.17, 15) is 4.79 Å². The van der Waals surface area contributed by atoms with Crippen molar-refractivity contribution in [1.82, 2.24) is 0 Å². The molecular weight excluding hydrogens is 267 g/mol. The van der Waals surface area contributed by atoms with Crippen molar-refractivity contribution in [2.45, 2.75) is 52.2 Å². The summed E-state index contributed by atoms with van der Waals surface area (Å²) in [6, 6.07) is 8.03. The van der Waals surface area contributed by atoms with Gasteiger partial charge < -0.3 is 14.0 Å². The van der Waals surface area contributed by atoms with Crippen LogP contribution in [0.15, 0.2) is 24.3 Å². The summed E-state index contributed by atoms with van der Waals surface area (Å²) in [5.41, 5.74) is 1.41. The Morgan fingerprint density at radius 2 is 1.81 bits per heavy atom. The summed E-state index contributed by atoms with van der Waals surface area (Å²) >= 11 is 0. The summed E-state index contributed by atoms with van der Waals surface area (Å²) in [7, 11) is -0.358. The normalized spacial score (nSPS) is 19.6. The van der Waals surface area contributed by atoms with E-state index in [1.165, 1.54) is 6.92 Å². The number of carbonyl (C=O) groups is 1. The first-order valence-corrected chi connectivity index (χ1v) is 7.29. The molecule has 1 heterocycles. The molecule has 0 amide bonds. The highest BCUT2D eigenvalue weighted by molar-refractivity contribution is 6.62. The van der Waals surface area contributed by atoms with Crippen LogP contribution < -0.4 is 5.46 Å². The van der Waals surface area contributed by atoms with Crippen LogP contribution in [0.4, 0.5) is 0 Å². The maximum atomic E-state index is 10.8. The van der Waals surface area contributed by atoms with Crippen LogP contribution in [0.3, 0.4) is 0 Å². The highest BCUT2D eigenvalue weighted by Crippen LogP contribution is 2.36. The van der Waals surface area contributed by atoms with Crippen LogP contribution in [0.5, 0.6) is 0 Å². The second kappa shape index (κ2) is 5.81. The number of ether oxygens (including phenoxy) is 1. The number of rotatable bonds is 4. The molecule has 1 aliphatic rings. The van der Waals surface area contributed by atoms with Crippen LogP contribution in [-0.2, 0) is 25.3 Å². The Balaban J connectivity index is 2.07. The van der Waals surface area contributed by atoms with E-state index in [1.807, 2.05) is 52.0 Å². The van der Waals surface area contributed by atoms with Crippen molar-refractivity contribution < 1.29 is 18.8 Å². The van der Waals surface area contributed by atoms with Crippen molar-refractivity contribution in [1.29, 1.82) is 0 Å². The van der Waals surface area contributed by atoms with Gasteiger partial charge >= 0.3 is 13.1 Å². The standard InChI is InChI=1S/C16H23BO4/c1-12(18)19-10-9-13-7-6-8-14(11-13)17-20-15(2,3)16(4,5)21-17/h6-8,11H,9-10H2,1-5H3. The predicted molar refractivity (Wildman–Crippen MR) is 82.5 cm³/mol. The zero-order chi connectivity index (χ0) is 15.7. The smallest absolute Gasteiger partial charge is 0.466 e. The average molecular weight is 290 g/mol. The highest BCUT2D eigenvalue weighted by Gasteiger charge is 2.51. The molecule has 0 aromatic heterocycles. The molecule has 1 aliphatic heterocycles. The molecule has 114 valence electrons. The fraction of sp³-hybridized carbons (Fsp3) is 0.562. The van der Waals surface area contributed by atoms with E-state index in [-0.39, 0.29) is 24.3 Å². The number of carbonyl (C=O) groups excluding carboxylic acids is 1. The monoisotopic (exact) mass is 290 g/mol. The second-order valence-electron chi connectivity index (χ2n) is 6.42. The Hall–Kier alpha value is -1.33. The molecule has 0 saturated carbocycles. The van der Waals surface area contributed by atoms with Crippen LogP contribution in [-0.4, -0.2) is 30.9 Å². The summed E-state index contributed by atoms with van der Waals surface area (Å²) in [6.07, 6.45) is 0.687. The van der Waals surface area contributed by atoms with Gasteiger partial charge in [-0.05, 0) is 38.7 Å². The summed E-state index contributed by atoms with van der Waals surface area (Å²) in [4.78, 5) is 10.8. The summed E-state index contributed by atoms with van der Waals surface area (Å²) in [5, 5.41) is 0. The minimum atomic E-state index is -0.358. The van der Waals surface area contributed by atoms with Gasteiger partial charge in [0.05, 0.1) is 17.8 Å². The Morgan fingerprint density at radius 3 is 2.38 bits per heavy atom. The zero-order valence-electron chi connectivity index (χ0n) is 13.4. The lowest BCUT2D eigenvalue weighted by Gasteiger charge is -2.32. The molecule has 1 saturated heterocycles. The topological polar surface area (TPSA) is 44.8 Å². The van der Waals surface area contributed by atoms with Crippen molar-refractivity contribution in [3.63, 3.8) is 0 Å². The van der Waals surface area contributed by atoms with Crippen molar-refractivity contribution in [2.24, 2.45) is 0 Å². The molecule has 0 unspecified atom stereocenters. The largest absolute Gasteiger partial charge is 0.494 e. The highest BCUT2D eigenvalue weighted by atomic mass is 16.7. The van der Waals surface area contributed by atoms with Crippen molar-refractivity contribution in [3.8, 4) is 0 Å². The molecule has 2 rings (SSSR count). The first-order valence-electron chi connectivity index (χ1n) is 7.29. The van der Waals surface area contributed by atoms with Crippen molar-refractivity contribution >= 4 is 18.6 Å². The van der Waals surface area contributed by atoms with Crippen LogP contribution >= 0.6 is 0 Å². The average Bonchev–Trinajstić information content (AvgIpc) is 2.58. The molecule has 4 nitrogen and oxygen atoms in total. The van der Waals surface area contributed by atoms with Crippen LogP contribution in [0, 0.1) is 0 Å². The third-order valence-electron chi connectivity index (χ3n) is 4.17. The molecule has 21 heavy (non-hydrogen) atoms. The number of hydrogen-bond acceptors (Lipinski definition) is 4. The lowest BCUT2D eigenvalue weighted by Crippen LogP contribution is -2.41. The van der Waals surface area contributed by atoms with Gasteiger partial charge in [0.2, 0.25) is 0 Å². The Labute approximate surface area is 126 Å². The molecule has 5 heteroatoms. The SMILES string of the molecule is CC(=O)OCCc1cccc(B2OC(C)(C)C(C)(C)O2)c1. The van der Waals surface area contributed by atoms with E-state index in [4.69, 9.17) is 14.0 Å². The van der Waals surface area contributed by atoms with Gasteiger partial charge in [0.25, 0.3) is 0 Å². The molecule has 0 spiro atoms. The van der Waals surface area contributed by atoms with Crippen LogP contribution in [0.25, 0.3) is 0 Å². The third-order valence-corrected chi connectivity index (χ3v) is 4.17. The summed E-state index contributed by atoms with van der Waals surface area (Å²) in [5.74, 6) is -0.253. The molecule has 1 fully saturated rings. The van der Waals surface area contributed by atoms with Gasteiger partial charge in [-0.2, -0.15) is 0 Å². The number of benzene rings is 1. The Bertz CT molecular complexity index is 509. The Morgan fingerprint density at radius 1 is 1.19 bits per heavy atom. The molecular formula is C16H23BO4. The molecule has 1 aromatic rings. The van der Waals surface area contributed by atoms with E-state index in [0.29, 0.717) is 13.0 Å². The van der Waals surface area contributed by atoms with E-state index in [2.05, 4.69) is 0 Å². The van der Waals surface area contributed by atoms with Crippen molar-refractivity contribution in [3.05, 3.63) is 29.8 Å². The predicted octanol–water partition coefficient (Wildman–Crippen LogP) is 2.09. The van der Waals surface area contributed by atoms with Crippen LogP contribution in [0.1, 0.15) is 40.2 Å². The molecule has 0 aliphatic carbocycles. The third kappa shape index (κ3) is 3.66. The zero-order valence-corrected chi connectivity index (χ0v) is 13.4. The molecule has 0 N–H and O–H groups in total. The quantitative estimate of drug-likeness (QED) is 0.629. The van der Waals surface area contributed by atoms with Crippen molar-refractivity contribution in [2.75, 3.05) is 6.61 Å². The van der Waals surface area contributed by atoms with Gasteiger partial charge in [-0.15, -0.1) is 0 Å². The lowest BCUT2D eigenvalue weighted by molar-refractivity contribution is -0.140. The van der Waals surface area contributed by atoms with E-state index < -0.39 is 0 Å². The Kier molecular flexibility index (Phi) is 4.44. The van der Waals surface area contributed by atoms with E-state index in [1.54, 1.807) is 0 Å². The molecule has 0 atom stereocenters. The lowest BCUT2D eigenvalue weighted by atomic mass is 9.78. The minimum Gasteiger partial charge on any atom is -0.466 e. The van der Waals surface area contributed by atoms with Gasteiger partial charge in [0.15, 0.2) is 0 Å². The maximum Gasteiger partial charge on any atom is 0.494 e. The summed E-state index contributed by atoms with van der Waals surface area (Å²) < 4.78 is 17.1. The van der Waals surface area contributed by atoms with E-state index >= 15 is 0 Å². The van der Waals surface area contributed by atoms with E-state index in [0.717, 1.165) is 11.0 Å².